The molecule has 0 bridgehead atoms. The molecule has 5 aromatic rings. The highest BCUT2D eigenvalue weighted by molar-refractivity contribution is 5.83. The molecule has 0 aromatic heterocycles. The highest BCUT2D eigenvalue weighted by atomic mass is 17.2. The van der Waals surface area contributed by atoms with Crippen molar-refractivity contribution in [2.45, 2.75) is 6.92 Å². The lowest BCUT2D eigenvalue weighted by Gasteiger charge is -2.29. The van der Waals surface area contributed by atoms with Crippen LogP contribution in [0.2, 0.25) is 0 Å². The smallest absolute Gasteiger partial charge is 0.497 e. The second kappa shape index (κ2) is 17.2. The summed E-state index contributed by atoms with van der Waals surface area (Å²) in [5.74, 6) is 0.515. The first-order chi connectivity index (χ1) is 23.5. The Hall–Kier alpha value is -5.84. The summed E-state index contributed by atoms with van der Waals surface area (Å²) in [5, 5.41) is 0. The third kappa shape index (κ3) is 9.35. The predicted molar refractivity (Wildman–Crippen MR) is 183 cm³/mol. The van der Waals surface area contributed by atoms with E-state index in [9.17, 15) is 9.59 Å². The zero-order valence-electron chi connectivity index (χ0n) is 26.7. The zero-order chi connectivity index (χ0) is 33.6. The molecule has 0 atom stereocenters. The van der Waals surface area contributed by atoms with Crippen molar-refractivity contribution in [2.75, 3.05) is 43.3 Å². The molecular formula is C38H36N2O8. The van der Waals surface area contributed by atoms with Gasteiger partial charge in [-0.2, -0.15) is 4.89 Å². The van der Waals surface area contributed by atoms with Crippen LogP contribution in [0.25, 0.3) is 0 Å². The van der Waals surface area contributed by atoms with Crippen molar-refractivity contribution in [1.82, 2.24) is 0 Å². The predicted octanol–water partition coefficient (Wildman–Crippen LogP) is 8.66. The second-order valence-electron chi connectivity index (χ2n) is 10.3. The van der Waals surface area contributed by atoms with Crippen molar-refractivity contribution in [3.63, 3.8) is 0 Å². The van der Waals surface area contributed by atoms with E-state index in [-0.39, 0.29) is 26.4 Å². The monoisotopic (exact) mass is 648 g/mol. The number of nitrogens with zero attached hydrogens (tertiary/aromatic N) is 2. The maximum absolute atomic E-state index is 12.5. The number of para-hydroxylation sites is 2. The molecule has 0 saturated heterocycles. The number of rotatable bonds is 15. The molecule has 0 fully saturated rings. The molecular weight excluding hydrogens is 612 g/mol. The third-order valence-corrected chi connectivity index (χ3v) is 6.90. The summed E-state index contributed by atoms with van der Waals surface area (Å²) in [7, 11) is 1.66. The first kappa shape index (κ1) is 33.5. The normalized spacial score (nSPS) is 10.5. The fourth-order valence-electron chi connectivity index (χ4n) is 4.88. The summed E-state index contributed by atoms with van der Waals surface area (Å²) in [5.41, 5.74) is 5.44. The molecule has 0 saturated carbocycles. The number of methoxy groups -OCH3 is 1. The number of ether oxygens (including phenoxy) is 4. The Morgan fingerprint density at radius 2 is 1.02 bits per heavy atom. The first-order valence-corrected chi connectivity index (χ1v) is 15.3. The summed E-state index contributed by atoms with van der Waals surface area (Å²) in [6, 6.07) is 43.5. The third-order valence-electron chi connectivity index (χ3n) is 6.90. The lowest BCUT2D eigenvalue weighted by Crippen LogP contribution is -2.16. The highest BCUT2D eigenvalue weighted by Gasteiger charge is 2.18. The molecule has 48 heavy (non-hydrogen) atoms. The van der Waals surface area contributed by atoms with Crippen molar-refractivity contribution >= 4 is 46.2 Å². The van der Waals surface area contributed by atoms with Gasteiger partial charge in [0.05, 0.1) is 20.3 Å². The molecule has 0 heterocycles. The van der Waals surface area contributed by atoms with Gasteiger partial charge in [0.1, 0.15) is 24.7 Å². The Balaban J connectivity index is 1.37. The second-order valence-corrected chi connectivity index (χ2v) is 10.3. The molecule has 5 aromatic carbocycles. The van der Waals surface area contributed by atoms with Crippen LogP contribution < -0.4 is 19.3 Å². The molecule has 0 radical (unpaired) electrons. The van der Waals surface area contributed by atoms with Crippen LogP contribution in [0.5, 0.6) is 11.5 Å². The fourth-order valence-corrected chi connectivity index (χ4v) is 4.88. The lowest BCUT2D eigenvalue weighted by atomic mass is 10.1. The van der Waals surface area contributed by atoms with Gasteiger partial charge < -0.3 is 28.7 Å². The molecule has 0 spiro atoms. The van der Waals surface area contributed by atoms with Crippen LogP contribution in [0, 0.1) is 0 Å². The van der Waals surface area contributed by atoms with Crippen LogP contribution in [0.1, 0.15) is 6.92 Å². The number of anilines is 6. The Bertz CT molecular complexity index is 1770. The van der Waals surface area contributed by atoms with Crippen LogP contribution in [0.4, 0.5) is 38.9 Å². The van der Waals surface area contributed by atoms with Crippen LogP contribution in [0.15, 0.2) is 133 Å². The quantitative estimate of drug-likeness (QED) is 0.0361. The van der Waals surface area contributed by atoms with Gasteiger partial charge in [0.15, 0.2) is 0 Å². The van der Waals surface area contributed by atoms with Gasteiger partial charge in [-0.3, -0.25) is 4.89 Å². The molecule has 0 amide bonds. The maximum Gasteiger partial charge on any atom is 0.513 e. The molecule has 0 aliphatic carbocycles. The van der Waals surface area contributed by atoms with E-state index in [2.05, 4.69) is 43.8 Å². The minimum atomic E-state index is -0.864. The Labute approximate surface area is 279 Å². The lowest BCUT2D eigenvalue weighted by molar-refractivity contribution is -0.274. The van der Waals surface area contributed by atoms with Gasteiger partial charge in [-0.15, -0.1) is 0 Å². The Kier molecular flexibility index (Phi) is 12.0. The van der Waals surface area contributed by atoms with Gasteiger partial charge in [-0.1, -0.05) is 54.6 Å². The summed E-state index contributed by atoms with van der Waals surface area (Å²) in [6.45, 7) is 1.54. The van der Waals surface area contributed by atoms with E-state index in [1.165, 1.54) is 6.92 Å². The average Bonchev–Trinajstić information content (AvgIpc) is 3.11. The number of hydrogen-bond donors (Lipinski definition) is 0. The molecule has 5 rings (SSSR count). The SMILES string of the molecule is COc1cccc(N(c2ccccc2)c2cccc(N(c3ccccc3)c3cccc(OC(=O)OCCOCCOOC(C)=O)c3)c2)c1. The minimum Gasteiger partial charge on any atom is -0.497 e. The molecule has 0 N–H and O–H groups in total. The van der Waals surface area contributed by atoms with E-state index in [1.54, 1.807) is 19.2 Å². The summed E-state index contributed by atoms with van der Waals surface area (Å²) in [6.07, 6.45) is -0.864. The maximum atomic E-state index is 12.5. The standard InChI is InChI=1S/C38H36N2O8/c1-29(41)48-46-25-23-44-22-24-45-38(42)47-37-21-11-19-35(28-37)40(31-14-7-4-8-15-31)33-17-9-16-32(26-33)39(30-12-5-3-6-13-30)34-18-10-20-36(27-34)43-2/h3-21,26-28H,22-25H2,1-2H3. The van der Waals surface area contributed by atoms with E-state index in [0.29, 0.717) is 5.75 Å². The van der Waals surface area contributed by atoms with Gasteiger partial charge in [-0.25, -0.2) is 9.59 Å². The number of hydrogen-bond acceptors (Lipinski definition) is 10. The minimum absolute atomic E-state index is 0.0276. The Morgan fingerprint density at radius 1 is 0.542 bits per heavy atom. The number of carbonyl (C=O) groups is 2. The van der Waals surface area contributed by atoms with Gasteiger partial charge in [0, 0.05) is 53.2 Å². The fraction of sp³-hybridized carbons (Fsp3) is 0.158. The van der Waals surface area contributed by atoms with Gasteiger partial charge in [-0.05, 0) is 66.7 Å². The Morgan fingerprint density at radius 3 is 1.58 bits per heavy atom. The van der Waals surface area contributed by atoms with Crippen LogP contribution in [-0.2, 0) is 24.0 Å². The topological polar surface area (TPSA) is 96.0 Å². The van der Waals surface area contributed by atoms with Gasteiger partial charge >= 0.3 is 12.1 Å². The summed E-state index contributed by atoms with van der Waals surface area (Å²) in [4.78, 5) is 36.4. The van der Waals surface area contributed by atoms with Crippen molar-refractivity contribution in [1.29, 1.82) is 0 Å². The molecule has 10 heteroatoms. The van der Waals surface area contributed by atoms with E-state index in [4.69, 9.17) is 18.9 Å². The van der Waals surface area contributed by atoms with E-state index < -0.39 is 12.1 Å². The van der Waals surface area contributed by atoms with E-state index >= 15 is 0 Å². The molecule has 0 aliphatic heterocycles. The van der Waals surface area contributed by atoms with Crippen molar-refractivity contribution in [2.24, 2.45) is 0 Å². The van der Waals surface area contributed by atoms with Crippen LogP contribution in [0.3, 0.4) is 0 Å². The molecule has 10 nitrogen and oxygen atoms in total. The van der Waals surface area contributed by atoms with E-state index in [1.807, 2.05) is 97.1 Å². The van der Waals surface area contributed by atoms with E-state index in [0.717, 1.165) is 39.9 Å². The van der Waals surface area contributed by atoms with Crippen LogP contribution in [-0.4, -0.2) is 45.7 Å². The van der Waals surface area contributed by atoms with Crippen LogP contribution >= 0.6 is 0 Å². The largest absolute Gasteiger partial charge is 0.513 e. The molecule has 0 aliphatic rings. The average molecular weight is 649 g/mol. The first-order valence-electron chi connectivity index (χ1n) is 15.3. The van der Waals surface area contributed by atoms with Crippen molar-refractivity contribution < 1.29 is 38.3 Å². The molecule has 246 valence electrons. The van der Waals surface area contributed by atoms with Gasteiger partial charge in [0.25, 0.3) is 0 Å². The highest BCUT2D eigenvalue weighted by Crippen LogP contribution is 2.41. The number of carbonyl (C=O) groups excluding carboxylic acids is 2. The summed E-state index contributed by atoms with van der Waals surface area (Å²) < 4.78 is 21.5. The molecule has 0 unspecified atom stereocenters. The van der Waals surface area contributed by atoms with Crippen molar-refractivity contribution in [3.8, 4) is 11.5 Å². The number of benzene rings is 5. The summed E-state index contributed by atoms with van der Waals surface area (Å²) >= 11 is 0. The van der Waals surface area contributed by atoms with Crippen molar-refractivity contribution in [3.05, 3.63) is 133 Å². The van der Waals surface area contributed by atoms with Gasteiger partial charge in [0.2, 0.25) is 0 Å². The zero-order valence-corrected chi connectivity index (χ0v) is 26.7.